The predicted octanol–water partition coefficient (Wildman–Crippen LogP) is 4.77. The first-order valence-corrected chi connectivity index (χ1v) is 7.40. The summed E-state index contributed by atoms with van der Waals surface area (Å²) in [7, 11) is 0. The van der Waals surface area contributed by atoms with Gasteiger partial charge in [0.15, 0.2) is 5.15 Å². The Morgan fingerprint density at radius 1 is 1.24 bits per heavy atom. The maximum atomic E-state index is 6.13. The number of hydrogen-bond acceptors (Lipinski definition) is 4. The summed E-state index contributed by atoms with van der Waals surface area (Å²) in [6, 6.07) is 5.19. The molecule has 0 aliphatic rings. The molecule has 110 valence electrons. The van der Waals surface area contributed by atoms with Crippen LogP contribution in [0.5, 0.6) is 0 Å². The number of benzene rings is 1. The third kappa shape index (κ3) is 4.45. The van der Waals surface area contributed by atoms with Gasteiger partial charge in [0.1, 0.15) is 10.8 Å². The van der Waals surface area contributed by atoms with Crippen molar-refractivity contribution in [3.8, 4) is 0 Å². The van der Waals surface area contributed by atoms with E-state index in [2.05, 4.69) is 20.5 Å². The van der Waals surface area contributed by atoms with E-state index in [1.807, 2.05) is 13.0 Å². The minimum absolute atomic E-state index is 0.106. The zero-order valence-corrected chi connectivity index (χ0v) is 13.8. The van der Waals surface area contributed by atoms with Gasteiger partial charge in [0.25, 0.3) is 0 Å². The van der Waals surface area contributed by atoms with Crippen LogP contribution in [-0.2, 0) is 0 Å². The highest BCUT2D eigenvalue weighted by Crippen LogP contribution is 2.26. The maximum Gasteiger partial charge on any atom is 0.158 e. The lowest BCUT2D eigenvalue weighted by molar-refractivity contribution is 0.608. The van der Waals surface area contributed by atoms with E-state index >= 15 is 0 Å². The van der Waals surface area contributed by atoms with Gasteiger partial charge in [-0.3, -0.25) is 0 Å². The van der Waals surface area contributed by atoms with Gasteiger partial charge in [-0.05, 0) is 24.6 Å². The molecule has 0 bridgehead atoms. The Hall–Kier alpha value is -1.07. The third-order valence-electron chi connectivity index (χ3n) is 2.61. The smallest absolute Gasteiger partial charge is 0.158 e. The fraction of sp³-hybridized carbons (Fsp3) is 0.154. The van der Waals surface area contributed by atoms with E-state index in [1.54, 1.807) is 12.1 Å². The van der Waals surface area contributed by atoms with E-state index in [-0.39, 0.29) is 16.3 Å². The van der Waals surface area contributed by atoms with Gasteiger partial charge in [-0.1, -0.05) is 52.5 Å². The molecule has 0 saturated carbocycles. The van der Waals surface area contributed by atoms with Crippen molar-refractivity contribution in [2.75, 3.05) is 0 Å². The molecular weight excluding hydrogens is 354 g/mol. The molecule has 1 unspecified atom stereocenters. The maximum absolute atomic E-state index is 6.13. The van der Waals surface area contributed by atoms with Crippen LogP contribution >= 0.6 is 46.4 Å². The molecular formula is C13H10Cl4N4. The number of nitrogens with one attached hydrogen (secondary N) is 1. The molecule has 1 N–H and O–H groups in total. The summed E-state index contributed by atoms with van der Waals surface area (Å²) in [6.07, 6.45) is 2.86. The van der Waals surface area contributed by atoms with Crippen molar-refractivity contribution in [1.82, 2.24) is 15.4 Å². The molecule has 1 aromatic heterocycles. The van der Waals surface area contributed by atoms with Gasteiger partial charge in [-0.25, -0.2) is 9.97 Å². The van der Waals surface area contributed by atoms with Crippen molar-refractivity contribution in [2.45, 2.75) is 13.0 Å². The molecule has 0 spiro atoms. The summed E-state index contributed by atoms with van der Waals surface area (Å²) < 4.78 is 0. The third-order valence-corrected chi connectivity index (χ3v) is 3.63. The molecule has 2 rings (SSSR count). The van der Waals surface area contributed by atoms with Crippen LogP contribution in [-0.4, -0.2) is 16.2 Å². The molecule has 21 heavy (non-hydrogen) atoms. The molecule has 0 saturated heterocycles. The second-order valence-corrected chi connectivity index (χ2v) is 5.73. The Morgan fingerprint density at radius 2 is 2.00 bits per heavy atom. The standard InChI is InChI=1S/C13H10Cl4N4/c1-7(9-3-2-8(14)4-10(9)15)21-19-5-11-13(17)20-12(16)6-18-11/h2-7,21H,1H3/b19-5+. The van der Waals surface area contributed by atoms with Crippen molar-refractivity contribution in [3.05, 3.63) is 56.0 Å². The van der Waals surface area contributed by atoms with Crippen molar-refractivity contribution >= 4 is 52.6 Å². The summed E-state index contributed by atoms with van der Waals surface area (Å²) in [6.45, 7) is 1.92. The molecule has 1 atom stereocenters. The van der Waals surface area contributed by atoms with Crippen molar-refractivity contribution in [1.29, 1.82) is 0 Å². The predicted molar refractivity (Wildman–Crippen MR) is 87.7 cm³/mol. The van der Waals surface area contributed by atoms with Crippen LogP contribution in [0.1, 0.15) is 24.2 Å². The Morgan fingerprint density at radius 3 is 2.67 bits per heavy atom. The van der Waals surface area contributed by atoms with Gasteiger partial charge >= 0.3 is 0 Å². The van der Waals surface area contributed by atoms with Gasteiger partial charge in [0, 0.05) is 10.0 Å². The second-order valence-electron chi connectivity index (χ2n) is 4.14. The summed E-state index contributed by atoms with van der Waals surface area (Å²) in [5.74, 6) is 0. The van der Waals surface area contributed by atoms with E-state index in [9.17, 15) is 0 Å². The number of hydrogen-bond donors (Lipinski definition) is 1. The van der Waals surface area contributed by atoms with Gasteiger partial charge in [0.2, 0.25) is 0 Å². The minimum Gasteiger partial charge on any atom is -0.303 e. The van der Waals surface area contributed by atoms with E-state index in [0.29, 0.717) is 15.7 Å². The minimum atomic E-state index is -0.106. The number of rotatable bonds is 4. The lowest BCUT2D eigenvalue weighted by Crippen LogP contribution is -2.13. The van der Waals surface area contributed by atoms with E-state index in [0.717, 1.165) is 5.56 Å². The lowest BCUT2D eigenvalue weighted by Gasteiger charge is -2.13. The molecule has 8 heteroatoms. The van der Waals surface area contributed by atoms with Crippen LogP contribution in [0.4, 0.5) is 0 Å². The Kier molecular flexibility index (Phi) is 5.65. The van der Waals surface area contributed by atoms with Crippen molar-refractivity contribution in [2.24, 2.45) is 5.10 Å². The van der Waals surface area contributed by atoms with Crippen LogP contribution in [0.25, 0.3) is 0 Å². The molecule has 0 amide bonds. The molecule has 0 radical (unpaired) electrons. The summed E-state index contributed by atoms with van der Waals surface area (Å²) in [4.78, 5) is 7.88. The molecule has 2 aromatic rings. The summed E-state index contributed by atoms with van der Waals surface area (Å²) in [5, 5.41) is 5.65. The monoisotopic (exact) mass is 362 g/mol. The van der Waals surface area contributed by atoms with Gasteiger partial charge in [-0.2, -0.15) is 5.10 Å². The zero-order chi connectivity index (χ0) is 15.4. The number of hydrazone groups is 1. The first-order chi connectivity index (χ1) is 9.97. The Labute approximate surface area is 142 Å². The molecule has 0 aliphatic heterocycles. The van der Waals surface area contributed by atoms with Crippen LogP contribution in [0, 0.1) is 0 Å². The number of aromatic nitrogens is 2. The quantitative estimate of drug-likeness (QED) is 0.628. The zero-order valence-electron chi connectivity index (χ0n) is 10.8. The van der Waals surface area contributed by atoms with Crippen LogP contribution in [0.3, 0.4) is 0 Å². The SMILES string of the molecule is CC(N/N=C/c1ncc(Cl)nc1Cl)c1ccc(Cl)cc1Cl. The van der Waals surface area contributed by atoms with Gasteiger partial charge < -0.3 is 5.43 Å². The van der Waals surface area contributed by atoms with Crippen molar-refractivity contribution < 1.29 is 0 Å². The number of halogens is 4. The molecule has 0 aliphatic carbocycles. The summed E-state index contributed by atoms with van der Waals surface area (Å²) >= 11 is 23.5. The highest BCUT2D eigenvalue weighted by atomic mass is 35.5. The highest BCUT2D eigenvalue weighted by molar-refractivity contribution is 6.35. The fourth-order valence-corrected chi connectivity index (χ4v) is 2.51. The number of nitrogens with zero attached hydrogens (tertiary/aromatic N) is 3. The largest absolute Gasteiger partial charge is 0.303 e. The highest BCUT2D eigenvalue weighted by Gasteiger charge is 2.09. The van der Waals surface area contributed by atoms with Gasteiger partial charge in [0.05, 0.1) is 18.5 Å². The Bertz CT molecular complexity index is 675. The van der Waals surface area contributed by atoms with Crippen LogP contribution in [0.2, 0.25) is 20.4 Å². The first kappa shape index (κ1) is 16.3. The van der Waals surface area contributed by atoms with E-state index in [4.69, 9.17) is 46.4 Å². The average molecular weight is 364 g/mol. The fourth-order valence-electron chi connectivity index (χ4n) is 1.58. The Balaban J connectivity index is 2.06. The molecule has 4 nitrogen and oxygen atoms in total. The first-order valence-electron chi connectivity index (χ1n) is 5.89. The normalized spacial score (nSPS) is 12.6. The molecule has 1 heterocycles. The topological polar surface area (TPSA) is 50.2 Å². The average Bonchev–Trinajstić information content (AvgIpc) is 2.41. The van der Waals surface area contributed by atoms with E-state index in [1.165, 1.54) is 12.4 Å². The second kappa shape index (κ2) is 7.27. The van der Waals surface area contributed by atoms with Crippen LogP contribution in [0.15, 0.2) is 29.5 Å². The summed E-state index contributed by atoms with van der Waals surface area (Å²) in [5.41, 5.74) is 4.23. The lowest BCUT2D eigenvalue weighted by atomic mass is 10.1. The molecule has 1 aromatic carbocycles. The van der Waals surface area contributed by atoms with Gasteiger partial charge in [-0.15, -0.1) is 0 Å². The molecule has 0 fully saturated rings. The van der Waals surface area contributed by atoms with Crippen LogP contribution < -0.4 is 5.43 Å². The van der Waals surface area contributed by atoms with Crippen molar-refractivity contribution in [3.63, 3.8) is 0 Å². The van der Waals surface area contributed by atoms with E-state index < -0.39 is 0 Å².